The van der Waals surface area contributed by atoms with Gasteiger partial charge in [-0.25, -0.2) is 0 Å². The Kier molecular flexibility index (Phi) is 6.61. The molecule has 2 aromatic rings. The summed E-state index contributed by atoms with van der Waals surface area (Å²) in [5.41, 5.74) is -0.677. The van der Waals surface area contributed by atoms with Gasteiger partial charge in [0.15, 0.2) is 4.34 Å². The van der Waals surface area contributed by atoms with Gasteiger partial charge in [-0.3, -0.25) is 14.5 Å². The summed E-state index contributed by atoms with van der Waals surface area (Å²) in [4.78, 5) is 26.3. The molecule has 7 nitrogen and oxygen atoms in total. The first-order valence-electron chi connectivity index (χ1n) is 10.3. The van der Waals surface area contributed by atoms with Gasteiger partial charge in [0.2, 0.25) is 16.9 Å². The topological polar surface area (TPSA) is 87.2 Å². The molecule has 1 aliphatic carbocycles. The molecule has 0 radical (unpaired) electrons. The summed E-state index contributed by atoms with van der Waals surface area (Å²) in [6, 6.07) is 3.35. The van der Waals surface area contributed by atoms with Crippen molar-refractivity contribution < 1.29 is 22.8 Å². The zero-order valence-corrected chi connectivity index (χ0v) is 18.9. The minimum absolute atomic E-state index is 0.0310. The number of aromatic nitrogens is 2. The monoisotopic (exact) mass is 485 g/mol. The van der Waals surface area contributed by atoms with Crippen LogP contribution in [0.5, 0.6) is 0 Å². The first kappa shape index (κ1) is 22.8. The third-order valence-corrected chi connectivity index (χ3v) is 7.45. The highest BCUT2D eigenvalue weighted by Gasteiger charge is 2.35. The van der Waals surface area contributed by atoms with E-state index >= 15 is 0 Å². The number of halogens is 3. The van der Waals surface area contributed by atoms with Gasteiger partial charge in [-0.2, -0.15) is 13.2 Å². The van der Waals surface area contributed by atoms with Gasteiger partial charge in [0.1, 0.15) is 6.54 Å². The maximum Gasteiger partial charge on any atom is 0.416 e. The zero-order valence-electron chi connectivity index (χ0n) is 17.2. The lowest BCUT2D eigenvalue weighted by atomic mass is 9.96. The highest BCUT2D eigenvalue weighted by molar-refractivity contribution is 8.02. The van der Waals surface area contributed by atoms with Gasteiger partial charge < -0.3 is 10.6 Å². The maximum absolute atomic E-state index is 13.1. The number of fused-ring (bicyclic) bond motifs is 1. The van der Waals surface area contributed by atoms with Crippen LogP contribution in [0.1, 0.15) is 44.6 Å². The molecule has 172 valence electrons. The quantitative estimate of drug-likeness (QED) is 0.594. The van der Waals surface area contributed by atoms with Crippen LogP contribution in [0.15, 0.2) is 22.5 Å². The molecule has 2 N–H and O–H groups in total. The molecule has 1 unspecified atom stereocenters. The number of benzene rings is 1. The molecule has 0 spiro atoms. The Morgan fingerprint density at radius 1 is 1.28 bits per heavy atom. The van der Waals surface area contributed by atoms with Crippen molar-refractivity contribution in [1.29, 1.82) is 0 Å². The largest absolute Gasteiger partial charge is 0.416 e. The van der Waals surface area contributed by atoms with Crippen LogP contribution in [0.4, 0.5) is 29.7 Å². The van der Waals surface area contributed by atoms with Gasteiger partial charge in [0.25, 0.3) is 0 Å². The van der Waals surface area contributed by atoms with Gasteiger partial charge >= 0.3 is 6.18 Å². The van der Waals surface area contributed by atoms with Crippen LogP contribution in [0, 0.1) is 0 Å². The van der Waals surface area contributed by atoms with E-state index in [1.54, 1.807) is 6.92 Å². The van der Waals surface area contributed by atoms with Crippen molar-refractivity contribution in [3.63, 3.8) is 0 Å². The summed E-state index contributed by atoms with van der Waals surface area (Å²) in [6.07, 6.45) is 1.30. The molecule has 1 fully saturated rings. The standard InChI is InChI=1S/C20H22F3N5O2S2/c1-11(31-19-27-26-18(32-19)24-13-5-3-2-4-6-13)17(30)28-10-16(29)25-14-9-12(20(21,22)23)7-8-15(14)28/h7-9,11,13H,2-6,10H2,1H3,(H,24,26)(H,25,29). The molecule has 2 heterocycles. The molecule has 32 heavy (non-hydrogen) atoms. The van der Waals surface area contributed by atoms with Gasteiger partial charge in [-0.1, -0.05) is 42.4 Å². The van der Waals surface area contributed by atoms with E-state index in [1.165, 1.54) is 53.3 Å². The molecule has 12 heteroatoms. The van der Waals surface area contributed by atoms with E-state index in [2.05, 4.69) is 20.8 Å². The predicted molar refractivity (Wildman–Crippen MR) is 118 cm³/mol. The summed E-state index contributed by atoms with van der Waals surface area (Å²) in [6.45, 7) is 1.42. The Morgan fingerprint density at radius 2 is 2.03 bits per heavy atom. The van der Waals surface area contributed by atoms with E-state index in [1.807, 2.05) is 0 Å². The van der Waals surface area contributed by atoms with Gasteiger partial charge in [-0.15, -0.1) is 10.2 Å². The number of carbonyl (C=O) groups is 2. The van der Waals surface area contributed by atoms with Crippen molar-refractivity contribution in [3.05, 3.63) is 23.8 Å². The number of amides is 2. The number of alkyl halides is 3. The number of thioether (sulfide) groups is 1. The number of anilines is 3. The summed E-state index contributed by atoms with van der Waals surface area (Å²) >= 11 is 2.58. The van der Waals surface area contributed by atoms with Crippen molar-refractivity contribution in [2.45, 2.75) is 60.8 Å². The van der Waals surface area contributed by atoms with E-state index in [0.717, 1.165) is 25.0 Å². The maximum atomic E-state index is 13.1. The Bertz CT molecular complexity index is 1010. The number of carbonyl (C=O) groups excluding carboxylic acids is 2. The van der Waals surface area contributed by atoms with Crippen LogP contribution in [-0.4, -0.2) is 39.8 Å². The summed E-state index contributed by atoms with van der Waals surface area (Å²) in [7, 11) is 0. The molecular formula is C20H22F3N5O2S2. The minimum Gasteiger partial charge on any atom is -0.357 e. The minimum atomic E-state index is -4.55. The number of hydrogen-bond donors (Lipinski definition) is 2. The van der Waals surface area contributed by atoms with E-state index in [0.29, 0.717) is 15.5 Å². The molecular weight excluding hydrogens is 463 g/mol. The third kappa shape index (κ3) is 5.17. The molecule has 2 amide bonds. The fourth-order valence-electron chi connectivity index (χ4n) is 3.82. The molecule has 1 aliphatic heterocycles. The first-order valence-corrected chi connectivity index (χ1v) is 12.0. The Morgan fingerprint density at radius 3 is 2.75 bits per heavy atom. The average molecular weight is 486 g/mol. The smallest absolute Gasteiger partial charge is 0.357 e. The van der Waals surface area contributed by atoms with Crippen molar-refractivity contribution in [3.8, 4) is 0 Å². The van der Waals surface area contributed by atoms with Gasteiger partial charge in [0.05, 0.1) is 22.2 Å². The number of nitrogens with zero attached hydrogens (tertiary/aromatic N) is 3. The summed E-state index contributed by atoms with van der Waals surface area (Å²) in [5, 5.41) is 14.2. The zero-order chi connectivity index (χ0) is 22.9. The fourth-order valence-corrected chi connectivity index (χ4v) is 5.86. The SMILES string of the molecule is CC(Sc1nnc(NC2CCCCC2)s1)C(=O)N1CC(=O)Nc2cc(C(F)(F)F)ccc21. The van der Waals surface area contributed by atoms with Crippen LogP contribution < -0.4 is 15.5 Å². The second kappa shape index (κ2) is 9.26. The third-order valence-electron chi connectivity index (χ3n) is 5.42. The molecule has 1 atom stereocenters. The Balaban J connectivity index is 1.45. The van der Waals surface area contributed by atoms with Crippen LogP contribution >= 0.6 is 23.1 Å². The average Bonchev–Trinajstić information content (AvgIpc) is 3.18. The molecule has 1 aromatic heterocycles. The predicted octanol–water partition coefficient (Wildman–Crippen LogP) is 4.77. The Labute approximate surface area is 191 Å². The van der Waals surface area contributed by atoms with Gasteiger partial charge in [0, 0.05) is 6.04 Å². The second-order valence-corrected chi connectivity index (χ2v) is 10.4. The molecule has 4 rings (SSSR count). The summed E-state index contributed by atoms with van der Waals surface area (Å²) < 4.78 is 39.7. The van der Waals surface area contributed by atoms with Crippen molar-refractivity contribution in [2.24, 2.45) is 0 Å². The second-order valence-electron chi connectivity index (χ2n) is 7.81. The van der Waals surface area contributed by atoms with E-state index in [4.69, 9.17) is 0 Å². The van der Waals surface area contributed by atoms with Crippen LogP contribution in [0.3, 0.4) is 0 Å². The first-order chi connectivity index (χ1) is 15.2. The van der Waals surface area contributed by atoms with E-state index < -0.39 is 22.9 Å². The van der Waals surface area contributed by atoms with E-state index in [9.17, 15) is 22.8 Å². The van der Waals surface area contributed by atoms with E-state index in [-0.39, 0.29) is 23.8 Å². The summed E-state index contributed by atoms with van der Waals surface area (Å²) in [5.74, 6) is -0.930. The van der Waals surface area contributed by atoms with Crippen LogP contribution in [-0.2, 0) is 15.8 Å². The number of rotatable bonds is 5. The van der Waals surface area contributed by atoms with Crippen LogP contribution in [0.2, 0.25) is 0 Å². The highest BCUT2D eigenvalue weighted by Crippen LogP contribution is 2.38. The number of nitrogens with one attached hydrogen (secondary N) is 2. The lowest BCUT2D eigenvalue weighted by molar-refractivity contribution is -0.137. The highest BCUT2D eigenvalue weighted by atomic mass is 32.2. The lowest BCUT2D eigenvalue weighted by Crippen LogP contribution is -2.45. The Hall–Kier alpha value is -2.34. The molecule has 1 saturated carbocycles. The fraction of sp³-hybridized carbons (Fsp3) is 0.500. The van der Waals surface area contributed by atoms with Crippen molar-refractivity contribution in [2.75, 3.05) is 22.1 Å². The van der Waals surface area contributed by atoms with Crippen molar-refractivity contribution in [1.82, 2.24) is 10.2 Å². The van der Waals surface area contributed by atoms with Crippen molar-refractivity contribution >= 4 is 51.4 Å². The molecule has 1 aromatic carbocycles. The molecule has 2 aliphatic rings. The van der Waals surface area contributed by atoms with Gasteiger partial charge in [-0.05, 0) is 38.0 Å². The molecule has 0 saturated heterocycles. The van der Waals surface area contributed by atoms with Crippen LogP contribution in [0.25, 0.3) is 0 Å². The number of hydrogen-bond acceptors (Lipinski definition) is 7. The normalized spacial score (nSPS) is 18.1. The lowest BCUT2D eigenvalue weighted by Gasteiger charge is -2.31. The molecule has 0 bridgehead atoms.